The third-order valence-electron chi connectivity index (χ3n) is 5.27. The van der Waals surface area contributed by atoms with Gasteiger partial charge < -0.3 is 9.64 Å². The lowest BCUT2D eigenvalue weighted by atomic mass is 9.93. The first kappa shape index (κ1) is 19.6. The first-order valence-corrected chi connectivity index (χ1v) is 11.1. The van der Waals surface area contributed by atoms with Crippen LogP contribution >= 0.6 is 0 Å². The minimum atomic E-state index is -3.09. The van der Waals surface area contributed by atoms with E-state index in [9.17, 15) is 23.3 Å². The van der Waals surface area contributed by atoms with E-state index in [1.54, 1.807) is 4.90 Å². The second-order valence-corrected chi connectivity index (χ2v) is 9.42. The maximum absolute atomic E-state index is 12.9. The van der Waals surface area contributed by atoms with Crippen LogP contribution in [0.3, 0.4) is 0 Å². The fourth-order valence-corrected chi connectivity index (χ4v) is 5.65. The van der Waals surface area contributed by atoms with Crippen LogP contribution in [0.15, 0.2) is 24.3 Å². The third-order valence-corrected chi connectivity index (χ3v) is 7.02. The second-order valence-electron chi connectivity index (χ2n) is 7.19. The fraction of sp³-hybridized carbons (Fsp3) is 0.611. The lowest BCUT2D eigenvalue weighted by Crippen LogP contribution is -2.50. The Morgan fingerprint density at radius 1 is 1.11 bits per heavy atom. The van der Waals surface area contributed by atoms with Gasteiger partial charge in [0.2, 0.25) is 0 Å². The summed E-state index contributed by atoms with van der Waals surface area (Å²) in [6, 6.07) is 5.33. The van der Waals surface area contributed by atoms with Crippen LogP contribution in [0.5, 0.6) is 5.75 Å². The lowest BCUT2D eigenvalue weighted by Gasteiger charge is -2.38. The van der Waals surface area contributed by atoms with Crippen molar-refractivity contribution in [1.29, 1.82) is 0 Å². The smallest absolute Gasteiger partial charge is 0.269 e. The van der Waals surface area contributed by atoms with Crippen LogP contribution in [-0.2, 0) is 14.6 Å². The van der Waals surface area contributed by atoms with Crippen molar-refractivity contribution in [3.63, 3.8) is 0 Å². The SMILES string of the molecule is O=C(COc1ccc([N+](=O)[O-])cc1)N(C1CCCCC1)[C@H]1CCS(=O)(=O)C1. The van der Waals surface area contributed by atoms with E-state index in [-0.39, 0.29) is 41.8 Å². The van der Waals surface area contributed by atoms with Crippen molar-refractivity contribution in [3.8, 4) is 5.75 Å². The van der Waals surface area contributed by atoms with Gasteiger partial charge in [-0.1, -0.05) is 19.3 Å². The standard InChI is InChI=1S/C18H24N2O6S/c21-18(12-26-17-8-6-15(7-9-17)20(22)23)19(14-4-2-1-3-5-14)16-10-11-27(24,25)13-16/h6-9,14,16H,1-5,10-13H2/t16-/m0/s1. The number of nitro benzene ring substituents is 1. The number of rotatable bonds is 6. The van der Waals surface area contributed by atoms with Crippen LogP contribution in [0.2, 0.25) is 0 Å². The Bertz CT molecular complexity index is 787. The zero-order chi connectivity index (χ0) is 19.4. The molecule has 2 aliphatic rings. The predicted octanol–water partition coefficient (Wildman–Crippen LogP) is 2.32. The Labute approximate surface area is 158 Å². The van der Waals surface area contributed by atoms with Gasteiger partial charge in [0.25, 0.3) is 11.6 Å². The van der Waals surface area contributed by atoms with Gasteiger partial charge in [0, 0.05) is 24.2 Å². The van der Waals surface area contributed by atoms with Gasteiger partial charge in [0.15, 0.2) is 16.4 Å². The fourth-order valence-electron chi connectivity index (χ4n) is 3.94. The van der Waals surface area contributed by atoms with E-state index in [2.05, 4.69) is 0 Å². The first-order valence-electron chi connectivity index (χ1n) is 9.24. The molecule has 1 aromatic rings. The van der Waals surface area contributed by atoms with Gasteiger partial charge >= 0.3 is 0 Å². The highest BCUT2D eigenvalue weighted by Crippen LogP contribution is 2.28. The van der Waals surface area contributed by atoms with Crippen molar-refractivity contribution < 1.29 is 22.9 Å². The zero-order valence-corrected chi connectivity index (χ0v) is 15.9. The first-order chi connectivity index (χ1) is 12.9. The van der Waals surface area contributed by atoms with E-state index >= 15 is 0 Å². The number of sulfone groups is 1. The molecule has 1 atom stereocenters. The highest BCUT2D eigenvalue weighted by atomic mass is 32.2. The molecule has 0 spiro atoms. The number of ether oxygens (including phenoxy) is 1. The summed E-state index contributed by atoms with van der Waals surface area (Å²) in [4.78, 5) is 24.8. The molecular weight excluding hydrogens is 372 g/mol. The molecule has 1 aliphatic carbocycles. The van der Waals surface area contributed by atoms with Gasteiger partial charge in [-0.2, -0.15) is 0 Å². The molecule has 1 amide bonds. The van der Waals surface area contributed by atoms with E-state index in [4.69, 9.17) is 4.74 Å². The maximum Gasteiger partial charge on any atom is 0.269 e. The van der Waals surface area contributed by atoms with Crippen LogP contribution in [0.1, 0.15) is 38.5 Å². The van der Waals surface area contributed by atoms with Gasteiger partial charge in [0.05, 0.1) is 16.4 Å². The Hall–Kier alpha value is -2.16. The van der Waals surface area contributed by atoms with Gasteiger partial charge in [0.1, 0.15) is 5.75 Å². The van der Waals surface area contributed by atoms with E-state index in [1.165, 1.54) is 24.3 Å². The van der Waals surface area contributed by atoms with Gasteiger partial charge in [-0.25, -0.2) is 8.42 Å². The van der Waals surface area contributed by atoms with Crippen LogP contribution < -0.4 is 4.74 Å². The summed E-state index contributed by atoms with van der Waals surface area (Å²) in [5.74, 6) is 0.295. The van der Waals surface area contributed by atoms with E-state index < -0.39 is 14.8 Å². The Balaban J connectivity index is 1.67. The summed E-state index contributed by atoms with van der Waals surface area (Å²) in [5.41, 5.74) is -0.0475. The molecule has 1 aliphatic heterocycles. The average molecular weight is 396 g/mol. The number of benzene rings is 1. The summed E-state index contributed by atoms with van der Waals surface area (Å²) in [6.07, 6.45) is 5.47. The molecule has 2 fully saturated rings. The predicted molar refractivity (Wildman–Crippen MR) is 99.4 cm³/mol. The van der Waals surface area contributed by atoms with Crippen molar-refractivity contribution in [2.24, 2.45) is 0 Å². The Morgan fingerprint density at radius 3 is 2.33 bits per heavy atom. The number of carbonyl (C=O) groups is 1. The molecule has 0 unspecified atom stereocenters. The number of carbonyl (C=O) groups excluding carboxylic acids is 1. The van der Waals surface area contributed by atoms with Gasteiger partial charge in [-0.15, -0.1) is 0 Å². The summed E-state index contributed by atoms with van der Waals surface area (Å²) in [6.45, 7) is -0.204. The van der Waals surface area contributed by atoms with Crippen molar-refractivity contribution >= 4 is 21.4 Å². The molecule has 1 heterocycles. The molecule has 3 rings (SSSR count). The minimum absolute atomic E-state index is 0.0206. The topological polar surface area (TPSA) is 107 Å². The molecule has 27 heavy (non-hydrogen) atoms. The molecule has 1 saturated heterocycles. The summed E-state index contributed by atoms with van der Waals surface area (Å²) < 4.78 is 29.3. The lowest BCUT2D eigenvalue weighted by molar-refractivity contribution is -0.384. The summed E-state index contributed by atoms with van der Waals surface area (Å²) >= 11 is 0. The quantitative estimate of drug-likeness (QED) is 0.539. The van der Waals surface area contributed by atoms with Crippen molar-refractivity contribution in [2.75, 3.05) is 18.1 Å². The Kier molecular flexibility index (Phi) is 5.98. The minimum Gasteiger partial charge on any atom is -0.484 e. The van der Waals surface area contributed by atoms with Crippen LogP contribution in [-0.4, -0.2) is 54.3 Å². The highest BCUT2D eigenvalue weighted by molar-refractivity contribution is 7.91. The number of non-ortho nitro benzene ring substituents is 1. The summed E-state index contributed by atoms with van der Waals surface area (Å²) in [5, 5.41) is 10.7. The van der Waals surface area contributed by atoms with E-state index in [0.717, 1.165) is 32.1 Å². The largest absolute Gasteiger partial charge is 0.484 e. The second kappa shape index (κ2) is 8.24. The molecular formula is C18H24N2O6S. The van der Waals surface area contributed by atoms with Gasteiger partial charge in [-0.05, 0) is 31.4 Å². The molecule has 9 heteroatoms. The van der Waals surface area contributed by atoms with E-state index in [0.29, 0.717) is 12.2 Å². The molecule has 0 radical (unpaired) electrons. The van der Waals surface area contributed by atoms with Crippen LogP contribution in [0.25, 0.3) is 0 Å². The number of nitro groups is 1. The number of amides is 1. The molecule has 0 bridgehead atoms. The molecule has 0 aromatic heterocycles. The van der Waals surface area contributed by atoms with Crippen molar-refractivity contribution in [1.82, 2.24) is 4.90 Å². The molecule has 1 saturated carbocycles. The normalized spacial score (nSPS) is 22.3. The van der Waals surface area contributed by atoms with E-state index in [1.807, 2.05) is 0 Å². The third kappa shape index (κ3) is 4.97. The molecule has 8 nitrogen and oxygen atoms in total. The number of hydrogen-bond donors (Lipinski definition) is 0. The number of hydrogen-bond acceptors (Lipinski definition) is 6. The monoisotopic (exact) mass is 396 g/mol. The summed E-state index contributed by atoms with van der Waals surface area (Å²) in [7, 11) is -3.09. The highest BCUT2D eigenvalue weighted by Gasteiger charge is 2.38. The molecule has 0 N–H and O–H groups in total. The molecule has 148 valence electrons. The molecule has 1 aromatic carbocycles. The number of nitrogens with zero attached hydrogens (tertiary/aromatic N) is 2. The van der Waals surface area contributed by atoms with Crippen LogP contribution in [0, 0.1) is 10.1 Å². The van der Waals surface area contributed by atoms with Crippen molar-refractivity contribution in [2.45, 2.75) is 50.6 Å². The average Bonchev–Trinajstić information content (AvgIpc) is 3.00. The van der Waals surface area contributed by atoms with Crippen molar-refractivity contribution in [3.05, 3.63) is 34.4 Å². The van der Waals surface area contributed by atoms with Gasteiger partial charge in [-0.3, -0.25) is 14.9 Å². The maximum atomic E-state index is 12.9. The zero-order valence-electron chi connectivity index (χ0n) is 15.1. The van der Waals surface area contributed by atoms with Crippen LogP contribution in [0.4, 0.5) is 5.69 Å². The Morgan fingerprint density at radius 2 is 1.78 bits per heavy atom.